The second kappa shape index (κ2) is 8.25. The number of Topliss-reactive ketones (excluding diaryl/α,β-unsaturated/α-hetero) is 1. The van der Waals surface area contributed by atoms with Crippen molar-refractivity contribution in [2.45, 2.75) is 19.3 Å². The first-order valence-electron chi connectivity index (χ1n) is 7.59. The normalized spacial score (nSPS) is 11.9. The number of aliphatic carboxylic acids is 1. The van der Waals surface area contributed by atoms with E-state index in [4.69, 9.17) is 5.11 Å². The van der Waals surface area contributed by atoms with Gasteiger partial charge in [0, 0.05) is 13.0 Å². The van der Waals surface area contributed by atoms with Gasteiger partial charge in [0.05, 0.1) is 0 Å². The fraction of sp³-hybridized carbons (Fsp3) is 0.263. The number of rotatable bonds is 8. The molecule has 1 unspecified atom stereocenters. The highest BCUT2D eigenvalue weighted by molar-refractivity contribution is 5.99. The van der Waals surface area contributed by atoms with Crippen LogP contribution in [0.5, 0.6) is 0 Å². The van der Waals surface area contributed by atoms with Crippen LogP contribution in [0.4, 0.5) is 0 Å². The van der Waals surface area contributed by atoms with Gasteiger partial charge in [-0.05, 0) is 29.5 Å². The molecule has 2 aromatic rings. The van der Waals surface area contributed by atoms with Crippen molar-refractivity contribution < 1.29 is 19.8 Å². The Bertz CT molecular complexity index is 664. The lowest BCUT2D eigenvalue weighted by Crippen LogP contribution is -2.27. The van der Waals surface area contributed by atoms with Crippen molar-refractivity contribution in [3.63, 3.8) is 0 Å². The van der Waals surface area contributed by atoms with E-state index in [1.54, 1.807) is 0 Å². The van der Waals surface area contributed by atoms with Crippen LogP contribution in [-0.2, 0) is 28.9 Å². The van der Waals surface area contributed by atoms with Crippen molar-refractivity contribution in [3.8, 4) is 0 Å². The lowest BCUT2D eigenvalue weighted by molar-refractivity contribution is -0.146. The zero-order valence-corrected chi connectivity index (χ0v) is 12.8. The first-order chi connectivity index (χ1) is 11.1. The third kappa shape index (κ3) is 4.76. The van der Waals surface area contributed by atoms with Gasteiger partial charge >= 0.3 is 5.97 Å². The minimum Gasteiger partial charge on any atom is -0.481 e. The molecular formula is C19H20O4. The van der Waals surface area contributed by atoms with Gasteiger partial charge < -0.3 is 10.2 Å². The van der Waals surface area contributed by atoms with Crippen molar-refractivity contribution >= 4 is 11.8 Å². The summed E-state index contributed by atoms with van der Waals surface area (Å²) in [7, 11) is 0. The van der Waals surface area contributed by atoms with Crippen molar-refractivity contribution in [2.75, 3.05) is 6.61 Å². The van der Waals surface area contributed by atoms with Gasteiger partial charge in [0.2, 0.25) is 0 Å². The maximum Gasteiger partial charge on any atom is 0.314 e. The standard InChI is InChI=1S/C19H20O4/c20-11-10-15-8-4-5-9-16(15)13-18(21)17(19(22)23)12-14-6-2-1-3-7-14/h1-9,17,20H,10-13H2,(H,22,23). The van der Waals surface area contributed by atoms with E-state index >= 15 is 0 Å². The van der Waals surface area contributed by atoms with E-state index in [-0.39, 0.29) is 25.2 Å². The third-order valence-electron chi connectivity index (χ3n) is 3.83. The molecule has 120 valence electrons. The maximum atomic E-state index is 12.5. The molecule has 4 nitrogen and oxygen atoms in total. The number of hydrogen-bond acceptors (Lipinski definition) is 3. The molecule has 2 rings (SSSR count). The van der Waals surface area contributed by atoms with Gasteiger partial charge in [0.25, 0.3) is 0 Å². The number of carbonyl (C=O) groups excluding carboxylic acids is 1. The van der Waals surface area contributed by atoms with Crippen molar-refractivity contribution in [1.82, 2.24) is 0 Å². The summed E-state index contributed by atoms with van der Waals surface area (Å²) >= 11 is 0. The van der Waals surface area contributed by atoms with Gasteiger partial charge in [0.15, 0.2) is 5.78 Å². The van der Waals surface area contributed by atoms with Crippen LogP contribution in [0.2, 0.25) is 0 Å². The van der Waals surface area contributed by atoms with E-state index in [2.05, 4.69) is 0 Å². The Kier molecular flexibility index (Phi) is 6.06. The molecule has 0 amide bonds. The van der Waals surface area contributed by atoms with E-state index in [1.165, 1.54) is 0 Å². The number of aliphatic hydroxyl groups is 1. The van der Waals surface area contributed by atoms with Crippen LogP contribution in [-0.4, -0.2) is 28.6 Å². The predicted octanol–water partition coefficient (Wildman–Crippen LogP) is 2.28. The van der Waals surface area contributed by atoms with E-state index in [1.807, 2.05) is 54.6 Å². The molecule has 0 bridgehead atoms. The molecule has 0 fully saturated rings. The summed E-state index contributed by atoms with van der Waals surface area (Å²) in [5.41, 5.74) is 2.50. The number of aliphatic hydroxyl groups excluding tert-OH is 1. The Morgan fingerprint density at radius 2 is 1.52 bits per heavy atom. The minimum atomic E-state index is -1.10. The molecule has 0 saturated heterocycles. The fourth-order valence-corrected chi connectivity index (χ4v) is 2.59. The molecule has 23 heavy (non-hydrogen) atoms. The largest absolute Gasteiger partial charge is 0.481 e. The monoisotopic (exact) mass is 312 g/mol. The molecule has 2 aromatic carbocycles. The molecule has 0 radical (unpaired) electrons. The van der Waals surface area contributed by atoms with Crippen LogP contribution >= 0.6 is 0 Å². The van der Waals surface area contributed by atoms with Crippen LogP contribution in [0.15, 0.2) is 54.6 Å². The second-order valence-corrected chi connectivity index (χ2v) is 5.47. The molecule has 1 atom stereocenters. The number of hydrogen-bond donors (Lipinski definition) is 2. The molecule has 0 heterocycles. The van der Waals surface area contributed by atoms with Gasteiger partial charge in [-0.1, -0.05) is 54.6 Å². The number of benzene rings is 2. The number of carbonyl (C=O) groups is 2. The summed E-state index contributed by atoms with van der Waals surface area (Å²) in [5, 5.41) is 18.5. The Morgan fingerprint density at radius 1 is 0.913 bits per heavy atom. The minimum absolute atomic E-state index is 0.00240. The zero-order chi connectivity index (χ0) is 16.7. The van der Waals surface area contributed by atoms with Crippen LogP contribution in [0, 0.1) is 5.92 Å². The van der Waals surface area contributed by atoms with Gasteiger partial charge in [-0.15, -0.1) is 0 Å². The van der Waals surface area contributed by atoms with Crippen LogP contribution in [0.1, 0.15) is 16.7 Å². The van der Waals surface area contributed by atoms with Crippen LogP contribution in [0.3, 0.4) is 0 Å². The van der Waals surface area contributed by atoms with Crippen molar-refractivity contribution in [2.24, 2.45) is 5.92 Å². The summed E-state index contributed by atoms with van der Waals surface area (Å²) in [6.45, 7) is -0.00240. The Hall–Kier alpha value is -2.46. The molecule has 0 saturated carbocycles. The summed E-state index contributed by atoms with van der Waals surface area (Å²) in [4.78, 5) is 24.0. The topological polar surface area (TPSA) is 74.6 Å². The second-order valence-electron chi connectivity index (χ2n) is 5.47. The first kappa shape index (κ1) is 16.9. The average molecular weight is 312 g/mol. The summed E-state index contributed by atoms with van der Waals surface area (Å²) < 4.78 is 0. The molecule has 4 heteroatoms. The highest BCUT2D eigenvalue weighted by Crippen LogP contribution is 2.16. The quantitative estimate of drug-likeness (QED) is 0.733. The average Bonchev–Trinajstić information content (AvgIpc) is 2.55. The molecule has 0 aromatic heterocycles. The molecule has 0 aliphatic carbocycles. The summed E-state index contributed by atoms with van der Waals surface area (Å²) in [6, 6.07) is 16.5. The fourth-order valence-electron chi connectivity index (χ4n) is 2.59. The predicted molar refractivity (Wildman–Crippen MR) is 87.2 cm³/mol. The first-order valence-corrected chi connectivity index (χ1v) is 7.59. The lowest BCUT2D eigenvalue weighted by atomic mass is 9.90. The van der Waals surface area contributed by atoms with Crippen LogP contribution in [0.25, 0.3) is 0 Å². The summed E-state index contributed by atoms with van der Waals surface area (Å²) in [6.07, 6.45) is 0.719. The van der Waals surface area contributed by atoms with E-state index in [9.17, 15) is 14.7 Å². The highest BCUT2D eigenvalue weighted by Gasteiger charge is 2.26. The van der Waals surface area contributed by atoms with Crippen molar-refractivity contribution in [1.29, 1.82) is 0 Å². The van der Waals surface area contributed by atoms with Gasteiger partial charge in [0.1, 0.15) is 5.92 Å². The Balaban J connectivity index is 2.14. The molecule has 2 N–H and O–H groups in total. The van der Waals surface area contributed by atoms with Gasteiger partial charge in [-0.2, -0.15) is 0 Å². The Labute approximate surface area is 135 Å². The number of carboxylic acid groups (broad SMARTS) is 1. The SMILES string of the molecule is O=C(O)C(Cc1ccccc1)C(=O)Cc1ccccc1CCO. The number of ketones is 1. The third-order valence-corrected chi connectivity index (χ3v) is 3.83. The van der Waals surface area contributed by atoms with E-state index in [0.29, 0.717) is 6.42 Å². The maximum absolute atomic E-state index is 12.5. The molecule has 0 spiro atoms. The van der Waals surface area contributed by atoms with Gasteiger partial charge in [-0.25, -0.2) is 0 Å². The van der Waals surface area contributed by atoms with Crippen LogP contribution < -0.4 is 0 Å². The van der Waals surface area contributed by atoms with Crippen molar-refractivity contribution in [3.05, 3.63) is 71.3 Å². The lowest BCUT2D eigenvalue weighted by Gasteiger charge is -2.13. The zero-order valence-electron chi connectivity index (χ0n) is 12.8. The number of carboxylic acids is 1. The smallest absolute Gasteiger partial charge is 0.314 e. The van der Waals surface area contributed by atoms with E-state index in [0.717, 1.165) is 16.7 Å². The Morgan fingerprint density at radius 3 is 2.13 bits per heavy atom. The summed E-state index contributed by atoms with van der Waals surface area (Å²) in [5.74, 6) is -2.47. The van der Waals surface area contributed by atoms with E-state index < -0.39 is 11.9 Å². The molecule has 0 aliphatic heterocycles. The highest BCUT2D eigenvalue weighted by atomic mass is 16.4. The van der Waals surface area contributed by atoms with Gasteiger partial charge in [-0.3, -0.25) is 9.59 Å². The molecule has 0 aliphatic rings. The molecular weight excluding hydrogens is 292 g/mol.